The highest BCUT2D eigenvalue weighted by Gasteiger charge is 2.33. The number of carbonyl (C=O) groups is 2. The number of halogens is 3. The van der Waals surface area contributed by atoms with Crippen molar-refractivity contribution in [2.75, 3.05) is 11.1 Å². The van der Waals surface area contributed by atoms with Gasteiger partial charge in [0.15, 0.2) is 6.10 Å². The molecule has 1 aromatic heterocycles. The first-order valence-electron chi connectivity index (χ1n) is 12.1. The molecular weight excluding hydrogens is 509 g/mol. The summed E-state index contributed by atoms with van der Waals surface area (Å²) in [5, 5.41) is 17.6. The number of amides is 2. The summed E-state index contributed by atoms with van der Waals surface area (Å²) in [4.78, 5) is 30.1. The summed E-state index contributed by atoms with van der Waals surface area (Å²) in [5.74, 6) is -0.903. The molecule has 0 aliphatic heterocycles. The van der Waals surface area contributed by atoms with Gasteiger partial charge in [-0.05, 0) is 71.0 Å². The molecule has 4 aromatic rings. The van der Waals surface area contributed by atoms with Gasteiger partial charge in [0.2, 0.25) is 0 Å². The van der Waals surface area contributed by atoms with E-state index in [4.69, 9.17) is 5.73 Å². The Morgan fingerprint density at radius 2 is 1.56 bits per heavy atom. The van der Waals surface area contributed by atoms with Gasteiger partial charge in [-0.3, -0.25) is 9.59 Å². The number of aliphatic hydroxyl groups is 1. The number of nitrogens with zero attached hydrogens (tertiary/aromatic N) is 1. The van der Waals surface area contributed by atoms with Crippen molar-refractivity contribution < 1.29 is 27.9 Å². The van der Waals surface area contributed by atoms with Gasteiger partial charge in [0.25, 0.3) is 11.8 Å². The normalized spacial score (nSPS) is 13.2. The van der Waals surface area contributed by atoms with Crippen LogP contribution in [-0.4, -0.2) is 28.0 Å². The minimum Gasteiger partial charge on any atom is -0.383 e. The highest BCUT2D eigenvalue weighted by atomic mass is 19.4. The fourth-order valence-electron chi connectivity index (χ4n) is 4.11. The molecule has 0 radical (unpaired) electrons. The highest BCUT2D eigenvalue weighted by Crippen LogP contribution is 2.31. The van der Waals surface area contributed by atoms with E-state index < -0.39 is 35.7 Å². The van der Waals surface area contributed by atoms with Crippen LogP contribution in [0.5, 0.6) is 0 Å². The standard InChI is InChI=1S/C29H27F3N4O3/c1-16(2)17-3-5-19(6-4-17)27(38)36-24(18-7-9-21(10-8-18)29(30,31)32)25(37)28(39)35-22-11-12-23-20(15-22)13-14-34-26(23)33/h3-16,24-25,37H,1-2H3,(H2,33,34)(H,35,39)(H,36,38). The molecule has 5 N–H and O–H groups in total. The number of aliphatic hydroxyl groups excluding tert-OH is 1. The lowest BCUT2D eigenvalue weighted by molar-refractivity contribution is -0.137. The summed E-state index contributed by atoms with van der Waals surface area (Å²) in [6, 6.07) is 15.9. The van der Waals surface area contributed by atoms with Crippen LogP contribution >= 0.6 is 0 Å². The van der Waals surface area contributed by atoms with E-state index in [-0.39, 0.29) is 17.0 Å². The molecule has 2 amide bonds. The van der Waals surface area contributed by atoms with Gasteiger partial charge in [-0.2, -0.15) is 13.2 Å². The average molecular weight is 537 g/mol. The Morgan fingerprint density at radius 1 is 0.923 bits per heavy atom. The van der Waals surface area contributed by atoms with E-state index in [1.54, 1.807) is 48.5 Å². The number of nitrogens with one attached hydrogen (secondary N) is 2. The second-order valence-corrected chi connectivity index (χ2v) is 9.41. The van der Waals surface area contributed by atoms with Gasteiger partial charge < -0.3 is 21.5 Å². The van der Waals surface area contributed by atoms with Crippen LogP contribution < -0.4 is 16.4 Å². The number of fused-ring (bicyclic) bond motifs is 1. The Hall–Kier alpha value is -4.44. The number of carbonyl (C=O) groups excluding carboxylic acids is 2. The number of hydrogen-bond acceptors (Lipinski definition) is 5. The predicted molar refractivity (Wildman–Crippen MR) is 143 cm³/mol. The number of pyridine rings is 1. The SMILES string of the molecule is CC(C)c1ccc(C(=O)NC(c2ccc(C(F)(F)F)cc2)C(O)C(=O)Nc2ccc3c(N)nccc3c2)cc1. The van der Waals surface area contributed by atoms with Crippen LogP contribution in [-0.2, 0) is 11.0 Å². The Kier molecular flexibility index (Phi) is 7.87. The van der Waals surface area contributed by atoms with E-state index in [1.807, 2.05) is 13.8 Å². The Labute approximate surface area is 222 Å². The maximum absolute atomic E-state index is 13.1. The topological polar surface area (TPSA) is 117 Å². The molecule has 10 heteroatoms. The van der Waals surface area contributed by atoms with Gasteiger partial charge in [-0.15, -0.1) is 0 Å². The van der Waals surface area contributed by atoms with Crippen LogP contribution in [0.25, 0.3) is 10.8 Å². The zero-order chi connectivity index (χ0) is 28.3. The molecular formula is C29H27F3N4O3. The lowest BCUT2D eigenvalue weighted by Gasteiger charge is -2.25. The van der Waals surface area contributed by atoms with Crippen molar-refractivity contribution in [3.63, 3.8) is 0 Å². The van der Waals surface area contributed by atoms with Crippen molar-refractivity contribution in [2.24, 2.45) is 0 Å². The van der Waals surface area contributed by atoms with Crippen LogP contribution in [0.2, 0.25) is 0 Å². The molecule has 7 nitrogen and oxygen atoms in total. The number of aromatic nitrogens is 1. The zero-order valence-corrected chi connectivity index (χ0v) is 21.2. The number of nitrogen functional groups attached to an aromatic ring is 1. The molecule has 2 atom stereocenters. The third-order valence-corrected chi connectivity index (χ3v) is 6.37. The fraction of sp³-hybridized carbons (Fsp3) is 0.207. The van der Waals surface area contributed by atoms with Gasteiger partial charge in [0.1, 0.15) is 5.82 Å². The Bertz CT molecular complexity index is 1490. The molecule has 1 heterocycles. The van der Waals surface area contributed by atoms with Crippen molar-refractivity contribution in [3.8, 4) is 0 Å². The molecule has 0 fully saturated rings. The third-order valence-electron chi connectivity index (χ3n) is 6.37. The van der Waals surface area contributed by atoms with Gasteiger partial charge in [0.05, 0.1) is 11.6 Å². The van der Waals surface area contributed by atoms with Crippen molar-refractivity contribution in [2.45, 2.75) is 38.1 Å². The van der Waals surface area contributed by atoms with Gasteiger partial charge >= 0.3 is 6.18 Å². The fourth-order valence-corrected chi connectivity index (χ4v) is 4.11. The van der Waals surface area contributed by atoms with Crippen LogP contribution in [0.4, 0.5) is 24.7 Å². The van der Waals surface area contributed by atoms with Crippen LogP contribution in [0.1, 0.15) is 52.9 Å². The van der Waals surface area contributed by atoms with E-state index in [0.29, 0.717) is 22.3 Å². The summed E-state index contributed by atoms with van der Waals surface area (Å²) in [6.07, 6.45) is -4.89. The molecule has 0 spiro atoms. The Morgan fingerprint density at radius 3 is 2.18 bits per heavy atom. The molecule has 39 heavy (non-hydrogen) atoms. The molecule has 0 aliphatic rings. The lowest BCUT2D eigenvalue weighted by atomic mass is 9.97. The molecule has 3 aromatic carbocycles. The van der Waals surface area contributed by atoms with Crippen molar-refractivity contribution in [1.82, 2.24) is 10.3 Å². The van der Waals surface area contributed by atoms with Gasteiger partial charge in [0, 0.05) is 22.8 Å². The van der Waals surface area contributed by atoms with E-state index in [9.17, 15) is 27.9 Å². The number of benzene rings is 3. The molecule has 0 saturated carbocycles. The molecule has 2 unspecified atom stereocenters. The Balaban J connectivity index is 1.61. The summed E-state index contributed by atoms with van der Waals surface area (Å²) in [5.41, 5.74) is 6.71. The first-order chi connectivity index (χ1) is 18.4. The second kappa shape index (κ2) is 11.1. The minimum absolute atomic E-state index is 0.121. The zero-order valence-electron chi connectivity index (χ0n) is 21.2. The lowest BCUT2D eigenvalue weighted by Crippen LogP contribution is -2.42. The van der Waals surface area contributed by atoms with E-state index in [2.05, 4.69) is 15.6 Å². The highest BCUT2D eigenvalue weighted by molar-refractivity contribution is 6.00. The smallest absolute Gasteiger partial charge is 0.383 e. The maximum Gasteiger partial charge on any atom is 0.416 e. The van der Waals surface area contributed by atoms with Crippen molar-refractivity contribution in [3.05, 3.63) is 101 Å². The monoisotopic (exact) mass is 536 g/mol. The van der Waals surface area contributed by atoms with E-state index >= 15 is 0 Å². The number of nitrogens with two attached hydrogens (primary N) is 1. The van der Waals surface area contributed by atoms with E-state index in [0.717, 1.165) is 29.8 Å². The van der Waals surface area contributed by atoms with E-state index in [1.165, 1.54) is 6.20 Å². The molecule has 4 rings (SSSR count). The molecule has 202 valence electrons. The van der Waals surface area contributed by atoms with Crippen molar-refractivity contribution in [1.29, 1.82) is 0 Å². The summed E-state index contributed by atoms with van der Waals surface area (Å²) < 4.78 is 39.3. The first-order valence-corrected chi connectivity index (χ1v) is 12.1. The second-order valence-electron chi connectivity index (χ2n) is 9.41. The average Bonchev–Trinajstić information content (AvgIpc) is 2.91. The molecule has 0 aliphatic carbocycles. The first kappa shape index (κ1) is 27.6. The van der Waals surface area contributed by atoms with Crippen LogP contribution in [0.3, 0.4) is 0 Å². The molecule has 0 saturated heterocycles. The minimum atomic E-state index is -4.57. The van der Waals surface area contributed by atoms with Gasteiger partial charge in [-0.1, -0.05) is 38.1 Å². The quantitative estimate of drug-likeness (QED) is 0.251. The number of anilines is 2. The van der Waals surface area contributed by atoms with Crippen LogP contribution in [0.15, 0.2) is 79.0 Å². The summed E-state index contributed by atoms with van der Waals surface area (Å²) in [7, 11) is 0. The molecule has 0 bridgehead atoms. The number of alkyl halides is 3. The maximum atomic E-state index is 13.1. The number of hydrogen-bond donors (Lipinski definition) is 4. The predicted octanol–water partition coefficient (Wildman–Crippen LogP) is 5.43. The largest absolute Gasteiger partial charge is 0.416 e. The van der Waals surface area contributed by atoms with Crippen LogP contribution in [0, 0.1) is 0 Å². The van der Waals surface area contributed by atoms with Gasteiger partial charge in [-0.25, -0.2) is 4.98 Å². The summed E-state index contributed by atoms with van der Waals surface area (Å²) >= 11 is 0. The van der Waals surface area contributed by atoms with Crippen molar-refractivity contribution >= 4 is 34.1 Å². The number of rotatable bonds is 7. The third kappa shape index (κ3) is 6.35. The summed E-state index contributed by atoms with van der Waals surface area (Å²) in [6.45, 7) is 4.01.